The molecule has 0 radical (unpaired) electrons. The van der Waals surface area contributed by atoms with Crippen molar-refractivity contribution in [2.24, 2.45) is 0 Å². The Bertz CT molecular complexity index is 915. The first-order valence-corrected chi connectivity index (χ1v) is 9.89. The van der Waals surface area contributed by atoms with E-state index in [-0.39, 0.29) is 0 Å². The molecular weight excluding hydrogens is 418 g/mol. The van der Waals surface area contributed by atoms with Crippen LogP contribution in [0.25, 0.3) is 0 Å². The van der Waals surface area contributed by atoms with Crippen LogP contribution in [0.4, 0.5) is 5.69 Å². The molecule has 0 fully saturated rings. The molecule has 0 spiro atoms. The third kappa shape index (κ3) is 4.78. The summed E-state index contributed by atoms with van der Waals surface area (Å²) in [7, 11) is 3.33. The summed E-state index contributed by atoms with van der Waals surface area (Å²) in [6, 6.07) is 21.6. The van der Waals surface area contributed by atoms with E-state index < -0.39 is 0 Å². The highest BCUT2D eigenvalue weighted by atomic mass is 79.9. The molecule has 0 bridgehead atoms. The summed E-state index contributed by atoms with van der Waals surface area (Å²) in [4.78, 5) is 2.25. The minimum Gasteiger partial charge on any atom is -0.508 e. The number of hydrogen-bond acceptors (Lipinski definition) is 4. The van der Waals surface area contributed by atoms with Crippen molar-refractivity contribution in [3.63, 3.8) is 0 Å². The molecule has 0 atom stereocenters. The fourth-order valence-electron chi connectivity index (χ4n) is 3.16. The van der Waals surface area contributed by atoms with Crippen LogP contribution in [0, 0.1) is 0 Å². The number of anilines is 1. The van der Waals surface area contributed by atoms with Gasteiger partial charge in [-0.05, 0) is 58.2 Å². The lowest BCUT2D eigenvalue weighted by molar-refractivity contribution is 0.396. The van der Waals surface area contributed by atoms with Crippen LogP contribution in [0.1, 0.15) is 11.1 Å². The Kier molecular flexibility index (Phi) is 6.82. The number of phenols is 1. The summed E-state index contributed by atoms with van der Waals surface area (Å²) in [6.45, 7) is 1.38. The lowest BCUT2D eigenvalue weighted by atomic mass is 10.1. The molecule has 28 heavy (non-hydrogen) atoms. The Morgan fingerprint density at radius 1 is 0.857 bits per heavy atom. The first-order chi connectivity index (χ1) is 13.6. The van der Waals surface area contributed by atoms with Gasteiger partial charge < -0.3 is 19.5 Å². The molecule has 0 aromatic heterocycles. The van der Waals surface area contributed by atoms with Crippen molar-refractivity contribution in [3.05, 3.63) is 82.3 Å². The monoisotopic (exact) mass is 441 g/mol. The molecule has 0 amide bonds. The van der Waals surface area contributed by atoms with E-state index in [1.807, 2.05) is 48.5 Å². The fourth-order valence-corrected chi connectivity index (χ4v) is 3.65. The molecule has 1 N–H and O–H groups in total. The van der Waals surface area contributed by atoms with E-state index in [0.717, 1.165) is 45.8 Å². The number of methoxy groups -OCH3 is 2. The average molecular weight is 442 g/mol. The average Bonchev–Trinajstić information content (AvgIpc) is 2.73. The molecule has 146 valence electrons. The van der Waals surface area contributed by atoms with E-state index in [1.54, 1.807) is 20.3 Å². The Morgan fingerprint density at radius 2 is 1.54 bits per heavy atom. The third-order valence-corrected chi connectivity index (χ3v) is 5.30. The number of rotatable bonds is 8. The molecule has 4 nitrogen and oxygen atoms in total. The first-order valence-electron chi connectivity index (χ1n) is 9.09. The van der Waals surface area contributed by atoms with Crippen molar-refractivity contribution in [1.29, 1.82) is 0 Å². The van der Waals surface area contributed by atoms with Gasteiger partial charge in [-0.1, -0.05) is 36.4 Å². The number of para-hydroxylation sites is 2. The second-order valence-corrected chi connectivity index (χ2v) is 7.29. The second-order valence-electron chi connectivity index (χ2n) is 6.43. The van der Waals surface area contributed by atoms with Crippen molar-refractivity contribution in [2.75, 3.05) is 25.7 Å². The van der Waals surface area contributed by atoms with Crippen molar-refractivity contribution in [3.8, 4) is 17.2 Å². The van der Waals surface area contributed by atoms with Crippen LogP contribution in [0.2, 0.25) is 0 Å². The molecule has 0 unspecified atom stereocenters. The van der Waals surface area contributed by atoms with E-state index in [0.29, 0.717) is 12.3 Å². The zero-order chi connectivity index (χ0) is 19.9. The summed E-state index contributed by atoms with van der Waals surface area (Å²) in [5.74, 6) is 1.91. The molecule has 0 saturated carbocycles. The van der Waals surface area contributed by atoms with Crippen molar-refractivity contribution in [1.82, 2.24) is 0 Å². The first kappa shape index (κ1) is 20.1. The Balaban J connectivity index is 1.85. The molecule has 0 aliphatic rings. The van der Waals surface area contributed by atoms with E-state index >= 15 is 0 Å². The van der Waals surface area contributed by atoms with Crippen LogP contribution in [0.3, 0.4) is 0 Å². The molecule has 5 heteroatoms. The van der Waals surface area contributed by atoms with Gasteiger partial charge in [0.2, 0.25) is 0 Å². The van der Waals surface area contributed by atoms with Crippen molar-refractivity contribution in [2.45, 2.75) is 13.0 Å². The van der Waals surface area contributed by atoms with Crippen LogP contribution in [-0.2, 0) is 13.0 Å². The number of nitrogens with zero attached hydrogens (tertiary/aromatic N) is 1. The van der Waals surface area contributed by atoms with Gasteiger partial charge in [0.25, 0.3) is 0 Å². The van der Waals surface area contributed by atoms with Crippen LogP contribution in [0.5, 0.6) is 17.2 Å². The minimum absolute atomic E-state index is 0.311. The van der Waals surface area contributed by atoms with Crippen LogP contribution in [0.15, 0.2) is 71.2 Å². The lowest BCUT2D eigenvalue weighted by Gasteiger charge is -2.26. The van der Waals surface area contributed by atoms with Crippen molar-refractivity contribution < 1.29 is 14.6 Å². The van der Waals surface area contributed by atoms with E-state index in [9.17, 15) is 5.11 Å². The molecule has 0 aliphatic carbocycles. The Labute approximate surface area is 174 Å². The number of phenolic OH excluding ortho intramolecular Hbond substituents is 1. The highest BCUT2D eigenvalue weighted by Gasteiger charge is 2.14. The standard InChI is InChI=1S/C23H24BrNO3/c1-27-22-15-20(24)23(28-2)14-17(22)12-13-25(19-9-4-3-5-10-19)16-18-8-6-7-11-21(18)26/h3-11,14-15,26H,12-13,16H2,1-2H3. The number of aromatic hydroxyl groups is 1. The van der Waals surface area contributed by atoms with Gasteiger partial charge >= 0.3 is 0 Å². The fraction of sp³-hybridized carbons (Fsp3) is 0.217. The van der Waals surface area contributed by atoms with Gasteiger partial charge in [0.15, 0.2) is 0 Å². The molecule has 0 heterocycles. The van der Waals surface area contributed by atoms with Crippen LogP contribution in [-0.4, -0.2) is 25.9 Å². The number of ether oxygens (including phenoxy) is 2. The molecule has 0 aliphatic heterocycles. The summed E-state index contributed by atoms with van der Waals surface area (Å²) in [6.07, 6.45) is 0.773. The Morgan fingerprint density at radius 3 is 2.21 bits per heavy atom. The summed E-state index contributed by atoms with van der Waals surface area (Å²) >= 11 is 3.51. The minimum atomic E-state index is 0.311. The van der Waals surface area contributed by atoms with E-state index in [1.165, 1.54) is 0 Å². The lowest BCUT2D eigenvalue weighted by Crippen LogP contribution is -2.25. The zero-order valence-corrected chi connectivity index (χ0v) is 17.6. The maximum atomic E-state index is 10.2. The van der Waals surface area contributed by atoms with Gasteiger partial charge in [-0.2, -0.15) is 0 Å². The smallest absolute Gasteiger partial charge is 0.133 e. The topological polar surface area (TPSA) is 41.9 Å². The van der Waals surface area contributed by atoms with Gasteiger partial charge in [0, 0.05) is 24.3 Å². The van der Waals surface area contributed by atoms with Crippen molar-refractivity contribution >= 4 is 21.6 Å². The predicted octanol–water partition coefficient (Wildman–Crippen LogP) is 5.42. The molecule has 3 rings (SSSR count). The zero-order valence-electron chi connectivity index (χ0n) is 16.1. The summed E-state index contributed by atoms with van der Waals surface area (Å²) < 4.78 is 11.9. The van der Waals surface area contributed by atoms with Gasteiger partial charge in [-0.25, -0.2) is 0 Å². The SMILES string of the molecule is COc1cc(CCN(Cc2ccccc2O)c2ccccc2)c(OC)cc1Br. The summed E-state index contributed by atoms with van der Waals surface area (Å²) in [5, 5.41) is 10.2. The molecule has 3 aromatic rings. The second kappa shape index (κ2) is 9.51. The highest BCUT2D eigenvalue weighted by Crippen LogP contribution is 2.33. The number of halogens is 1. The van der Waals surface area contributed by atoms with E-state index in [4.69, 9.17) is 9.47 Å². The van der Waals surface area contributed by atoms with Gasteiger partial charge in [0.1, 0.15) is 17.2 Å². The van der Waals surface area contributed by atoms with E-state index in [2.05, 4.69) is 33.0 Å². The predicted molar refractivity (Wildman–Crippen MR) is 117 cm³/mol. The summed E-state index contributed by atoms with van der Waals surface area (Å²) in [5.41, 5.74) is 3.07. The third-order valence-electron chi connectivity index (χ3n) is 4.68. The molecule has 3 aromatic carbocycles. The van der Waals surface area contributed by atoms with Gasteiger partial charge in [-0.3, -0.25) is 0 Å². The van der Waals surface area contributed by atoms with Crippen LogP contribution < -0.4 is 14.4 Å². The normalized spacial score (nSPS) is 10.5. The Hall–Kier alpha value is -2.66. The van der Waals surface area contributed by atoms with Gasteiger partial charge in [-0.15, -0.1) is 0 Å². The quantitative estimate of drug-likeness (QED) is 0.506. The molecular formula is C23H24BrNO3. The number of benzene rings is 3. The maximum Gasteiger partial charge on any atom is 0.133 e. The largest absolute Gasteiger partial charge is 0.508 e. The molecule has 0 saturated heterocycles. The van der Waals surface area contributed by atoms with Crippen LogP contribution >= 0.6 is 15.9 Å². The number of hydrogen-bond donors (Lipinski definition) is 1. The van der Waals surface area contributed by atoms with Gasteiger partial charge in [0.05, 0.1) is 18.7 Å². The highest BCUT2D eigenvalue weighted by molar-refractivity contribution is 9.10. The maximum absolute atomic E-state index is 10.2.